The van der Waals surface area contributed by atoms with E-state index in [1.807, 2.05) is 0 Å². The van der Waals surface area contributed by atoms with E-state index in [1.54, 1.807) is 0 Å². The molecule has 1 unspecified atom stereocenters. The molecule has 0 fully saturated rings. The summed E-state index contributed by atoms with van der Waals surface area (Å²) in [6.45, 7) is 6.64. The third-order valence-electron chi connectivity index (χ3n) is 2.11. The first-order chi connectivity index (χ1) is 6.81. The molecule has 0 nitrogen and oxygen atoms in total. The third-order valence-corrected chi connectivity index (χ3v) is 2.11. The van der Waals surface area contributed by atoms with Crippen LogP contribution >= 0.6 is 0 Å². The normalized spacial score (nSPS) is 12.5. The molecular formula is C14H24. The number of hydrogen-bond acceptors (Lipinski definition) is 0. The van der Waals surface area contributed by atoms with E-state index >= 15 is 0 Å². The van der Waals surface area contributed by atoms with E-state index in [-0.39, 0.29) is 0 Å². The summed E-state index contributed by atoms with van der Waals surface area (Å²) < 4.78 is 0. The van der Waals surface area contributed by atoms with Crippen molar-refractivity contribution in [2.75, 3.05) is 0 Å². The van der Waals surface area contributed by atoms with Crippen LogP contribution in [-0.4, -0.2) is 0 Å². The van der Waals surface area contributed by atoms with E-state index in [0.29, 0.717) is 5.92 Å². The molecule has 0 bridgehead atoms. The number of allylic oxidation sites excluding steroid dienone is 2. The second kappa shape index (κ2) is 10.4. The van der Waals surface area contributed by atoms with Crippen molar-refractivity contribution in [3.63, 3.8) is 0 Å². The molecule has 0 radical (unpaired) electrons. The van der Waals surface area contributed by atoms with Gasteiger partial charge in [-0.25, -0.2) is 0 Å². The zero-order valence-corrected chi connectivity index (χ0v) is 9.97. The molecule has 0 heteroatoms. The molecule has 0 saturated carbocycles. The fourth-order valence-electron chi connectivity index (χ4n) is 1.17. The summed E-state index contributed by atoms with van der Waals surface area (Å²) in [4.78, 5) is 0. The predicted molar refractivity (Wildman–Crippen MR) is 65.1 cm³/mol. The second-order valence-corrected chi connectivity index (χ2v) is 3.86. The summed E-state index contributed by atoms with van der Waals surface area (Å²) in [5.41, 5.74) is 0. The minimum atomic E-state index is 0.621. The summed E-state index contributed by atoms with van der Waals surface area (Å²) in [7, 11) is 0. The molecule has 0 rings (SSSR count). The average Bonchev–Trinajstić information content (AvgIpc) is 2.19. The fraction of sp³-hybridized carbons (Fsp3) is 0.714. The van der Waals surface area contributed by atoms with Crippen molar-refractivity contribution in [2.45, 2.75) is 59.3 Å². The highest BCUT2D eigenvalue weighted by Crippen LogP contribution is 2.04. The SMILES string of the molecule is CCCC#CCC(C)C=CCCCC. The Bertz CT molecular complexity index is 190. The van der Waals surface area contributed by atoms with Crippen LogP contribution in [0.4, 0.5) is 0 Å². The van der Waals surface area contributed by atoms with Crippen molar-refractivity contribution in [2.24, 2.45) is 5.92 Å². The summed E-state index contributed by atoms with van der Waals surface area (Å²) in [5, 5.41) is 0. The highest BCUT2D eigenvalue weighted by atomic mass is 14.0. The van der Waals surface area contributed by atoms with Crippen molar-refractivity contribution in [3.8, 4) is 11.8 Å². The van der Waals surface area contributed by atoms with Crippen molar-refractivity contribution in [3.05, 3.63) is 12.2 Å². The van der Waals surface area contributed by atoms with E-state index in [2.05, 4.69) is 44.8 Å². The lowest BCUT2D eigenvalue weighted by molar-refractivity contribution is 0.744. The van der Waals surface area contributed by atoms with E-state index < -0.39 is 0 Å². The molecular weight excluding hydrogens is 168 g/mol. The van der Waals surface area contributed by atoms with Gasteiger partial charge in [0.25, 0.3) is 0 Å². The standard InChI is InChI=1S/C14H24/c1-4-6-8-10-12-14(3)13-11-9-7-5-2/h10,12,14H,4-8,13H2,1-3H3. The Hall–Kier alpha value is -0.700. The molecule has 14 heavy (non-hydrogen) atoms. The minimum Gasteiger partial charge on any atom is -0.103 e. The molecule has 0 aliphatic carbocycles. The van der Waals surface area contributed by atoms with Crippen LogP contribution < -0.4 is 0 Å². The minimum absolute atomic E-state index is 0.621. The fourth-order valence-corrected chi connectivity index (χ4v) is 1.17. The van der Waals surface area contributed by atoms with Gasteiger partial charge in [0.2, 0.25) is 0 Å². The Kier molecular flexibility index (Phi) is 9.86. The molecule has 80 valence electrons. The summed E-state index contributed by atoms with van der Waals surface area (Å²) in [6.07, 6.45) is 11.7. The second-order valence-electron chi connectivity index (χ2n) is 3.86. The molecule has 0 aromatic carbocycles. The molecule has 0 aliphatic rings. The first kappa shape index (κ1) is 13.3. The zero-order valence-electron chi connectivity index (χ0n) is 9.97. The van der Waals surface area contributed by atoms with Crippen molar-refractivity contribution in [1.29, 1.82) is 0 Å². The lowest BCUT2D eigenvalue weighted by atomic mass is 10.1. The topological polar surface area (TPSA) is 0 Å². The van der Waals surface area contributed by atoms with Crippen LogP contribution in [0.5, 0.6) is 0 Å². The number of rotatable bonds is 6. The average molecular weight is 192 g/mol. The van der Waals surface area contributed by atoms with Crippen LogP contribution in [0.1, 0.15) is 59.3 Å². The highest BCUT2D eigenvalue weighted by Gasteiger charge is 1.91. The van der Waals surface area contributed by atoms with Gasteiger partial charge in [-0.15, -0.1) is 11.8 Å². The lowest BCUT2D eigenvalue weighted by Gasteiger charge is -1.98. The first-order valence-corrected chi connectivity index (χ1v) is 5.93. The number of hydrogen-bond donors (Lipinski definition) is 0. The molecule has 1 atom stereocenters. The third kappa shape index (κ3) is 9.39. The van der Waals surface area contributed by atoms with Gasteiger partial charge in [0.05, 0.1) is 0 Å². The highest BCUT2D eigenvalue weighted by molar-refractivity contribution is 5.02. The van der Waals surface area contributed by atoms with Crippen molar-refractivity contribution in [1.82, 2.24) is 0 Å². The largest absolute Gasteiger partial charge is 0.103 e. The van der Waals surface area contributed by atoms with Crippen LogP contribution in [-0.2, 0) is 0 Å². The van der Waals surface area contributed by atoms with Crippen molar-refractivity contribution >= 4 is 0 Å². The maximum absolute atomic E-state index is 3.23. The van der Waals surface area contributed by atoms with Crippen molar-refractivity contribution < 1.29 is 0 Å². The summed E-state index contributed by atoms with van der Waals surface area (Å²) >= 11 is 0. The van der Waals surface area contributed by atoms with Crippen LogP contribution in [0, 0.1) is 17.8 Å². The Balaban J connectivity index is 3.50. The quantitative estimate of drug-likeness (QED) is 0.329. The molecule has 0 aliphatic heterocycles. The van der Waals surface area contributed by atoms with E-state index in [0.717, 1.165) is 12.8 Å². The van der Waals surface area contributed by atoms with E-state index in [9.17, 15) is 0 Å². The molecule has 0 spiro atoms. The first-order valence-electron chi connectivity index (χ1n) is 5.93. The van der Waals surface area contributed by atoms with Gasteiger partial charge in [-0.05, 0) is 18.8 Å². The smallest absolute Gasteiger partial charge is 0.0149 e. The molecule has 0 aromatic rings. The Morgan fingerprint density at radius 2 is 1.93 bits per heavy atom. The van der Waals surface area contributed by atoms with Gasteiger partial charge in [0, 0.05) is 12.8 Å². The molecule has 0 amide bonds. The molecule has 0 aromatic heterocycles. The van der Waals surface area contributed by atoms with Crippen LogP contribution in [0.3, 0.4) is 0 Å². The van der Waals surface area contributed by atoms with E-state index in [4.69, 9.17) is 0 Å². The van der Waals surface area contributed by atoms with Gasteiger partial charge in [0.15, 0.2) is 0 Å². The summed E-state index contributed by atoms with van der Waals surface area (Å²) in [6, 6.07) is 0. The van der Waals surface area contributed by atoms with Gasteiger partial charge < -0.3 is 0 Å². The maximum Gasteiger partial charge on any atom is 0.0149 e. The molecule has 0 saturated heterocycles. The van der Waals surface area contributed by atoms with Gasteiger partial charge in [0.1, 0.15) is 0 Å². The molecule has 0 heterocycles. The monoisotopic (exact) mass is 192 g/mol. The Morgan fingerprint density at radius 1 is 1.14 bits per heavy atom. The Labute approximate surface area is 89.8 Å². The van der Waals surface area contributed by atoms with Gasteiger partial charge in [-0.1, -0.05) is 45.8 Å². The van der Waals surface area contributed by atoms with Crippen LogP contribution in [0.15, 0.2) is 12.2 Å². The van der Waals surface area contributed by atoms with Gasteiger partial charge in [-0.2, -0.15) is 0 Å². The zero-order chi connectivity index (χ0) is 10.6. The number of unbranched alkanes of at least 4 members (excludes halogenated alkanes) is 3. The predicted octanol–water partition coefficient (Wildman–Crippen LogP) is 4.56. The molecule has 0 N–H and O–H groups in total. The van der Waals surface area contributed by atoms with Gasteiger partial charge >= 0.3 is 0 Å². The van der Waals surface area contributed by atoms with E-state index in [1.165, 1.54) is 25.7 Å². The maximum atomic E-state index is 3.23. The summed E-state index contributed by atoms with van der Waals surface area (Å²) in [5.74, 6) is 7.03. The van der Waals surface area contributed by atoms with Gasteiger partial charge in [-0.3, -0.25) is 0 Å². The van der Waals surface area contributed by atoms with Crippen LogP contribution in [0.2, 0.25) is 0 Å². The Morgan fingerprint density at radius 3 is 2.57 bits per heavy atom. The van der Waals surface area contributed by atoms with Crippen LogP contribution in [0.25, 0.3) is 0 Å². The lowest BCUT2D eigenvalue weighted by Crippen LogP contribution is -1.86.